The number of quaternary nitrogens is 1. The van der Waals surface area contributed by atoms with Crippen molar-refractivity contribution in [2.45, 2.75) is 45.8 Å². The molecule has 0 amide bonds. The van der Waals surface area contributed by atoms with Crippen molar-refractivity contribution in [3.05, 3.63) is 36.9 Å². The van der Waals surface area contributed by atoms with Gasteiger partial charge in [-0.3, -0.25) is 4.48 Å². The van der Waals surface area contributed by atoms with Crippen molar-refractivity contribution < 1.29 is 4.21 Å². The Morgan fingerprint density at radius 2 is 1.65 bits per heavy atom. The van der Waals surface area contributed by atoms with Crippen molar-refractivity contribution in [1.82, 2.24) is 4.48 Å². The lowest BCUT2D eigenvalue weighted by molar-refractivity contribution is 0.335. The van der Waals surface area contributed by atoms with Crippen molar-refractivity contribution >= 4 is 22.4 Å². The van der Waals surface area contributed by atoms with E-state index in [1.165, 1.54) is 5.69 Å². The number of rotatable bonds is 7. The van der Waals surface area contributed by atoms with Gasteiger partial charge >= 0.3 is 0 Å². The van der Waals surface area contributed by atoms with Gasteiger partial charge in [0.15, 0.2) is 0 Å². The zero-order valence-electron chi connectivity index (χ0n) is 15.8. The van der Waals surface area contributed by atoms with Gasteiger partial charge in [0.05, 0.1) is 18.8 Å². The van der Waals surface area contributed by atoms with Gasteiger partial charge in [-0.05, 0) is 43.9 Å². The number of hydrogen-bond donors (Lipinski definition) is 1. The fourth-order valence-electron chi connectivity index (χ4n) is 2.95. The molecule has 0 aliphatic heterocycles. The molecule has 0 bridgehead atoms. The molecule has 4 heteroatoms. The normalized spacial score (nSPS) is 14.4. The van der Waals surface area contributed by atoms with Gasteiger partial charge in [0.25, 0.3) is 0 Å². The van der Waals surface area contributed by atoms with Crippen LogP contribution in [-0.2, 0) is 11.0 Å². The molecule has 0 radical (unpaired) electrons. The molecular weight excluding hydrogens is 304 g/mol. The molecule has 130 valence electrons. The van der Waals surface area contributed by atoms with Gasteiger partial charge in [0, 0.05) is 17.8 Å². The van der Waals surface area contributed by atoms with Crippen LogP contribution >= 0.6 is 0 Å². The van der Waals surface area contributed by atoms with Gasteiger partial charge in [-0.2, -0.15) is 0 Å². The third kappa shape index (κ3) is 6.11. The molecule has 0 aliphatic carbocycles. The first-order valence-electron chi connectivity index (χ1n) is 8.10. The van der Waals surface area contributed by atoms with E-state index in [9.17, 15) is 4.21 Å². The fourth-order valence-corrected chi connectivity index (χ4v) is 4.14. The number of likely N-dealkylation sites (N-methyl/N-ethyl adjacent to an activating group) is 1. The quantitative estimate of drug-likeness (QED) is 0.565. The van der Waals surface area contributed by atoms with E-state index in [-0.39, 0.29) is 10.2 Å². The minimum absolute atomic E-state index is 0.150. The SMILES string of the molecule is C=CC[N+](C)(C)c1ccc(NS(=O)C(C)(C)CC(C)(C)C)cc1. The Morgan fingerprint density at radius 3 is 2.09 bits per heavy atom. The summed E-state index contributed by atoms with van der Waals surface area (Å²) < 4.78 is 16.3. The van der Waals surface area contributed by atoms with Crippen molar-refractivity contribution in [2.24, 2.45) is 5.41 Å². The maximum absolute atomic E-state index is 12.7. The van der Waals surface area contributed by atoms with Gasteiger partial charge in [-0.15, -0.1) is 0 Å². The van der Waals surface area contributed by atoms with E-state index in [4.69, 9.17) is 0 Å². The summed E-state index contributed by atoms with van der Waals surface area (Å²) in [7, 11) is 3.16. The molecule has 1 aromatic rings. The molecule has 0 heterocycles. The van der Waals surface area contributed by atoms with Crippen LogP contribution in [0, 0.1) is 5.41 Å². The van der Waals surface area contributed by atoms with Gasteiger partial charge in [0.1, 0.15) is 23.2 Å². The zero-order valence-corrected chi connectivity index (χ0v) is 16.6. The van der Waals surface area contributed by atoms with Crippen LogP contribution in [0.2, 0.25) is 0 Å². The largest absolute Gasteiger partial charge is 0.305 e. The molecule has 1 N–H and O–H groups in total. The molecule has 0 fully saturated rings. The topological polar surface area (TPSA) is 29.1 Å². The summed E-state index contributed by atoms with van der Waals surface area (Å²) in [4.78, 5) is 0. The number of nitrogens with zero attached hydrogens (tertiary/aromatic N) is 1. The molecular formula is C19H33N2OS+. The molecule has 0 spiro atoms. The maximum Gasteiger partial charge on any atom is 0.132 e. The smallest absolute Gasteiger partial charge is 0.132 e. The molecule has 0 saturated heterocycles. The number of anilines is 1. The van der Waals surface area contributed by atoms with Crippen LogP contribution in [0.3, 0.4) is 0 Å². The van der Waals surface area contributed by atoms with Gasteiger partial charge in [-0.1, -0.05) is 27.4 Å². The van der Waals surface area contributed by atoms with Gasteiger partial charge in [-0.25, -0.2) is 4.21 Å². The van der Waals surface area contributed by atoms with E-state index < -0.39 is 11.0 Å². The molecule has 1 unspecified atom stereocenters. The number of hydrogen-bond acceptors (Lipinski definition) is 1. The predicted octanol–water partition coefficient (Wildman–Crippen LogP) is 4.73. The maximum atomic E-state index is 12.7. The summed E-state index contributed by atoms with van der Waals surface area (Å²) in [5.74, 6) is 0. The first-order valence-corrected chi connectivity index (χ1v) is 9.25. The Bertz CT molecular complexity index is 554. The van der Waals surface area contributed by atoms with E-state index in [2.05, 4.69) is 72.1 Å². The van der Waals surface area contributed by atoms with Gasteiger partial charge in [0.2, 0.25) is 0 Å². The summed E-state index contributed by atoms with van der Waals surface area (Å²) in [6, 6.07) is 8.17. The van der Waals surface area contributed by atoms with Crippen molar-refractivity contribution in [2.75, 3.05) is 25.4 Å². The second-order valence-corrected chi connectivity index (χ2v) is 10.4. The van der Waals surface area contributed by atoms with Crippen LogP contribution in [0.4, 0.5) is 11.4 Å². The average molecular weight is 338 g/mol. The van der Waals surface area contributed by atoms with E-state index in [1.807, 2.05) is 18.2 Å². The summed E-state index contributed by atoms with van der Waals surface area (Å²) in [6.45, 7) is 15.3. The number of benzene rings is 1. The lowest BCUT2D eigenvalue weighted by Crippen LogP contribution is -2.40. The second kappa shape index (κ2) is 7.18. The Hall–Kier alpha value is -1.13. The lowest BCUT2D eigenvalue weighted by Gasteiger charge is -2.32. The summed E-state index contributed by atoms with van der Waals surface area (Å²) >= 11 is 0. The van der Waals surface area contributed by atoms with E-state index in [1.54, 1.807) is 0 Å². The molecule has 23 heavy (non-hydrogen) atoms. The third-order valence-corrected chi connectivity index (χ3v) is 5.39. The van der Waals surface area contributed by atoms with E-state index >= 15 is 0 Å². The van der Waals surface area contributed by atoms with Crippen LogP contribution < -0.4 is 9.21 Å². The Morgan fingerprint density at radius 1 is 1.13 bits per heavy atom. The minimum atomic E-state index is -1.13. The Kier molecular flexibility index (Phi) is 6.22. The van der Waals surface area contributed by atoms with Crippen LogP contribution in [0.1, 0.15) is 41.0 Å². The van der Waals surface area contributed by atoms with Gasteiger partial charge < -0.3 is 4.72 Å². The minimum Gasteiger partial charge on any atom is -0.305 e. The van der Waals surface area contributed by atoms with Crippen molar-refractivity contribution in [1.29, 1.82) is 0 Å². The van der Waals surface area contributed by atoms with E-state index in [0.29, 0.717) is 0 Å². The highest BCUT2D eigenvalue weighted by atomic mass is 32.2. The summed E-state index contributed by atoms with van der Waals surface area (Å²) in [5, 5.41) is 0. The average Bonchev–Trinajstić information content (AvgIpc) is 2.36. The van der Waals surface area contributed by atoms with Crippen molar-refractivity contribution in [3.8, 4) is 0 Å². The van der Waals surface area contributed by atoms with Crippen molar-refractivity contribution in [3.63, 3.8) is 0 Å². The van der Waals surface area contributed by atoms with E-state index in [0.717, 1.165) is 23.1 Å². The second-order valence-electron chi connectivity index (χ2n) is 8.57. The van der Waals surface area contributed by atoms with Crippen LogP contribution in [0.5, 0.6) is 0 Å². The highest BCUT2D eigenvalue weighted by Gasteiger charge is 2.31. The molecule has 1 rings (SSSR count). The molecule has 3 nitrogen and oxygen atoms in total. The standard InChI is InChI=1S/C19H33N2OS/c1-9-14-21(7,8)17-12-10-16(11-13-17)20-23(22)19(5,6)15-18(2,3)4/h9-13,20H,1,14-15H2,2-8H3/q+1. The van der Waals surface area contributed by atoms with Crippen LogP contribution in [0.15, 0.2) is 36.9 Å². The highest BCUT2D eigenvalue weighted by Crippen LogP contribution is 2.32. The summed E-state index contributed by atoms with van der Waals surface area (Å²) in [6.07, 6.45) is 2.82. The first-order chi connectivity index (χ1) is 10.4. The number of nitrogens with one attached hydrogen (secondary N) is 1. The monoisotopic (exact) mass is 337 g/mol. The molecule has 0 saturated carbocycles. The first kappa shape index (κ1) is 19.9. The molecule has 0 aliphatic rings. The molecule has 0 aromatic heterocycles. The highest BCUT2D eigenvalue weighted by molar-refractivity contribution is 7.87. The van der Waals surface area contributed by atoms with Crippen LogP contribution in [-0.4, -0.2) is 29.6 Å². The fraction of sp³-hybridized carbons (Fsp3) is 0.579. The lowest BCUT2D eigenvalue weighted by atomic mass is 9.86. The molecule has 1 atom stereocenters. The predicted molar refractivity (Wildman–Crippen MR) is 105 cm³/mol. The zero-order chi connectivity index (χ0) is 17.9. The molecule has 1 aromatic carbocycles. The van der Waals surface area contributed by atoms with Crippen LogP contribution in [0.25, 0.3) is 0 Å². The third-order valence-electron chi connectivity index (χ3n) is 3.82. The Balaban J connectivity index is 2.82. The Labute approximate surface area is 145 Å². The summed E-state index contributed by atoms with van der Waals surface area (Å²) in [5.41, 5.74) is 2.25.